The van der Waals surface area contributed by atoms with Crippen molar-refractivity contribution >= 4 is 32.7 Å². The van der Waals surface area contributed by atoms with E-state index in [0.717, 1.165) is 44.2 Å². The van der Waals surface area contributed by atoms with E-state index in [-0.39, 0.29) is 12.0 Å². The van der Waals surface area contributed by atoms with Crippen LogP contribution in [0.15, 0.2) is 176 Å². The van der Waals surface area contributed by atoms with Crippen LogP contribution in [-0.2, 0) is 0 Å². The summed E-state index contributed by atoms with van der Waals surface area (Å²) in [6, 6.07) is 57.0. The van der Waals surface area contributed by atoms with E-state index in [1.165, 1.54) is 27.6 Å². The van der Waals surface area contributed by atoms with Crippen molar-refractivity contribution in [2.45, 2.75) is 12.0 Å². The average Bonchev–Trinajstić information content (AvgIpc) is 3.59. The molecule has 0 spiro atoms. The molecule has 0 bridgehead atoms. The van der Waals surface area contributed by atoms with Crippen LogP contribution >= 0.6 is 0 Å². The van der Waals surface area contributed by atoms with E-state index in [1.807, 2.05) is 18.2 Å². The summed E-state index contributed by atoms with van der Waals surface area (Å²) in [5, 5.41) is 4.56. The van der Waals surface area contributed by atoms with Gasteiger partial charge in [-0.25, -0.2) is 15.0 Å². The van der Waals surface area contributed by atoms with Crippen LogP contribution in [0.1, 0.15) is 22.6 Å². The molecule has 1 aliphatic carbocycles. The molecule has 51 heavy (non-hydrogen) atoms. The molecule has 2 unspecified atom stereocenters. The first-order valence-electron chi connectivity index (χ1n) is 17.3. The lowest BCUT2D eigenvalue weighted by Crippen LogP contribution is -2.21. The summed E-state index contributed by atoms with van der Waals surface area (Å²) in [4.78, 5) is 15.3. The van der Waals surface area contributed by atoms with E-state index in [2.05, 4.69) is 158 Å². The van der Waals surface area contributed by atoms with Gasteiger partial charge in [0.15, 0.2) is 17.5 Å². The lowest BCUT2D eigenvalue weighted by Gasteiger charge is -2.27. The number of hydrogen-bond acceptors (Lipinski definition) is 4. The highest BCUT2D eigenvalue weighted by Crippen LogP contribution is 2.51. The quantitative estimate of drug-likeness (QED) is 0.185. The van der Waals surface area contributed by atoms with Gasteiger partial charge in [-0.05, 0) is 74.2 Å². The maximum absolute atomic E-state index is 6.61. The highest BCUT2D eigenvalue weighted by molar-refractivity contribution is 6.05. The molecule has 4 nitrogen and oxygen atoms in total. The van der Waals surface area contributed by atoms with Crippen LogP contribution < -0.4 is 4.74 Å². The summed E-state index contributed by atoms with van der Waals surface area (Å²) in [5.41, 5.74) is 8.84. The Morgan fingerprint density at radius 3 is 1.86 bits per heavy atom. The zero-order valence-corrected chi connectivity index (χ0v) is 27.6. The van der Waals surface area contributed by atoms with Crippen LogP contribution in [0.2, 0.25) is 0 Å². The molecule has 0 saturated heterocycles. The molecule has 0 radical (unpaired) electrons. The summed E-state index contributed by atoms with van der Waals surface area (Å²) in [5.74, 6) is 2.96. The van der Waals surface area contributed by atoms with E-state index in [0.29, 0.717) is 17.5 Å². The lowest BCUT2D eigenvalue weighted by molar-refractivity contribution is 0.272. The molecule has 0 amide bonds. The van der Waals surface area contributed by atoms with Crippen LogP contribution in [0.3, 0.4) is 0 Å². The zero-order valence-electron chi connectivity index (χ0n) is 27.6. The smallest absolute Gasteiger partial charge is 0.164 e. The maximum Gasteiger partial charge on any atom is 0.164 e. The van der Waals surface area contributed by atoms with Gasteiger partial charge in [0.05, 0.1) is 5.92 Å². The van der Waals surface area contributed by atoms with Crippen LogP contribution in [0, 0.1) is 0 Å². The van der Waals surface area contributed by atoms with E-state index < -0.39 is 0 Å². The van der Waals surface area contributed by atoms with Gasteiger partial charge in [-0.2, -0.15) is 0 Å². The standard InChI is InChI=1S/C47H31N3O/c1-3-13-30(14-4-1)35-28-41(44-40-21-11-12-22-42(40)51-43(44)29-35)38-25-26-39(37-20-10-9-19-36(37)38)47-49-45(32-16-5-2-6-17-32)48-46(50-47)34-24-23-31-15-7-8-18-33(31)27-34/h1-29,43-44H. The first-order chi connectivity index (χ1) is 25.3. The maximum atomic E-state index is 6.61. The van der Waals surface area contributed by atoms with Gasteiger partial charge >= 0.3 is 0 Å². The Labute approximate surface area is 296 Å². The second-order valence-electron chi connectivity index (χ2n) is 13.1. The molecule has 2 aliphatic rings. The third-order valence-corrected chi connectivity index (χ3v) is 10.1. The summed E-state index contributed by atoms with van der Waals surface area (Å²) >= 11 is 0. The highest BCUT2D eigenvalue weighted by Gasteiger charge is 2.39. The third kappa shape index (κ3) is 5.12. The van der Waals surface area contributed by atoms with Crippen molar-refractivity contribution in [3.63, 3.8) is 0 Å². The SMILES string of the molecule is C1=C(c2ccccc2)C=C(c2ccc(-c3nc(-c4ccccc4)nc(-c4ccc5ccccc5c4)n3)c3ccccc23)C2c3ccccc3OC12. The summed E-state index contributed by atoms with van der Waals surface area (Å²) < 4.78 is 6.61. The summed E-state index contributed by atoms with van der Waals surface area (Å²) in [6.45, 7) is 0. The molecule has 1 aromatic heterocycles. The van der Waals surface area contributed by atoms with Crippen molar-refractivity contribution in [3.05, 3.63) is 193 Å². The molecule has 4 heteroatoms. The number of nitrogens with zero attached hydrogens (tertiary/aromatic N) is 3. The second kappa shape index (κ2) is 12.0. The van der Waals surface area contributed by atoms with Crippen LogP contribution in [0.5, 0.6) is 5.75 Å². The van der Waals surface area contributed by atoms with Crippen molar-refractivity contribution in [3.8, 4) is 39.9 Å². The van der Waals surface area contributed by atoms with Gasteiger partial charge in [-0.15, -0.1) is 0 Å². The molecule has 1 aliphatic heterocycles. The van der Waals surface area contributed by atoms with Gasteiger partial charge in [0.25, 0.3) is 0 Å². The van der Waals surface area contributed by atoms with E-state index >= 15 is 0 Å². The Morgan fingerprint density at radius 1 is 0.451 bits per heavy atom. The Hall–Kier alpha value is -6.65. The van der Waals surface area contributed by atoms with Crippen molar-refractivity contribution in [2.24, 2.45) is 0 Å². The highest BCUT2D eigenvalue weighted by atomic mass is 16.5. The summed E-state index contributed by atoms with van der Waals surface area (Å²) in [7, 11) is 0. The largest absolute Gasteiger partial charge is 0.485 e. The number of rotatable bonds is 5. The van der Waals surface area contributed by atoms with Gasteiger partial charge < -0.3 is 4.74 Å². The van der Waals surface area contributed by atoms with E-state index in [1.54, 1.807) is 0 Å². The van der Waals surface area contributed by atoms with E-state index in [4.69, 9.17) is 19.7 Å². The fourth-order valence-electron chi connectivity index (χ4n) is 7.67. The number of para-hydroxylation sites is 1. The number of hydrogen-bond donors (Lipinski definition) is 0. The minimum Gasteiger partial charge on any atom is -0.485 e. The monoisotopic (exact) mass is 653 g/mol. The van der Waals surface area contributed by atoms with Crippen molar-refractivity contribution < 1.29 is 4.74 Å². The fourth-order valence-corrected chi connectivity index (χ4v) is 7.67. The van der Waals surface area contributed by atoms with Crippen LogP contribution in [-0.4, -0.2) is 21.1 Å². The number of aromatic nitrogens is 3. The minimum atomic E-state index is -0.0995. The number of fused-ring (bicyclic) bond motifs is 5. The summed E-state index contributed by atoms with van der Waals surface area (Å²) in [6.07, 6.45) is 4.54. The van der Waals surface area contributed by atoms with Gasteiger partial charge in [-0.1, -0.05) is 146 Å². The molecule has 2 atom stereocenters. The average molecular weight is 654 g/mol. The number of ether oxygens (including phenoxy) is 1. The predicted molar refractivity (Wildman–Crippen MR) is 207 cm³/mol. The van der Waals surface area contributed by atoms with Crippen LogP contribution in [0.4, 0.5) is 0 Å². The Kier molecular flexibility index (Phi) is 6.91. The van der Waals surface area contributed by atoms with Crippen molar-refractivity contribution in [2.75, 3.05) is 0 Å². The molecule has 7 aromatic carbocycles. The van der Waals surface area contributed by atoms with Crippen molar-refractivity contribution in [1.82, 2.24) is 15.0 Å². The topological polar surface area (TPSA) is 47.9 Å². The number of benzene rings is 7. The predicted octanol–water partition coefficient (Wildman–Crippen LogP) is 11.2. The molecular weight excluding hydrogens is 623 g/mol. The molecule has 10 rings (SSSR count). The van der Waals surface area contributed by atoms with Crippen LogP contribution in [0.25, 0.3) is 66.9 Å². The number of allylic oxidation sites excluding steroid dienone is 2. The van der Waals surface area contributed by atoms with Gasteiger partial charge in [0.1, 0.15) is 11.9 Å². The normalized spacial score (nSPS) is 16.2. The molecular formula is C47H31N3O. The van der Waals surface area contributed by atoms with Gasteiger partial charge in [0, 0.05) is 22.3 Å². The van der Waals surface area contributed by atoms with Crippen molar-refractivity contribution in [1.29, 1.82) is 0 Å². The molecule has 240 valence electrons. The third-order valence-electron chi connectivity index (χ3n) is 10.1. The second-order valence-corrected chi connectivity index (χ2v) is 13.1. The first-order valence-corrected chi connectivity index (χ1v) is 17.3. The molecule has 0 fully saturated rings. The van der Waals surface area contributed by atoms with E-state index in [9.17, 15) is 0 Å². The van der Waals surface area contributed by atoms with Gasteiger partial charge in [-0.3, -0.25) is 0 Å². The zero-order chi connectivity index (χ0) is 33.7. The Balaban J connectivity index is 1.17. The Morgan fingerprint density at radius 2 is 1.06 bits per heavy atom. The first kappa shape index (κ1) is 29.3. The molecule has 0 N–H and O–H groups in total. The fraction of sp³-hybridized carbons (Fsp3) is 0.0426. The minimum absolute atomic E-state index is 0.0734. The molecule has 0 saturated carbocycles. The lowest BCUT2D eigenvalue weighted by atomic mass is 9.77. The Bertz CT molecular complexity index is 2680. The van der Waals surface area contributed by atoms with Gasteiger partial charge in [0.2, 0.25) is 0 Å². The molecule has 2 heterocycles. The molecule has 8 aromatic rings.